The van der Waals surface area contributed by atoms with Crippen LogP contribution in [0.3, 0.4) is 0 Å². The fourth-order valence-electron chi connectivity index (χ4n) is 2.41. The van der Waals surface area contributed by atoms with E-state index in [0.717, 1.165) is 36.9 Å². The number of hydrogen-bond acceptors (Lipinski definition) is 2. The lowest BCUT2D eigenvalue weighted by atomic mass is 9.97. The Balaban J connectivity index is 2.65. The molecule has 0 saturated carbocycles. The normalized spacial score (nSPS) is 10.9. The Labute approximate surface area is 137 Å². The van der Waals surface area contributed by atoms with Crippen LogP contribution in [0.15, 0.2) is 30.3 Å². The molecule has 23 heavy (non-hydrogen) atoms. The summed E-state index contributed by atoms with van der Waals surface area (Å²) in [4.78, 5) is 22.7. The van der Waals surface area contributed by atoms with Gasteiger partial charge in [-0.3, -0.25) is 4.79 Å². The molecule has 5 heteroatoms. The molecule has 0 spiro atoms. The van der Waals surface area contributed by atoms with Crippen LogP contribution in [0.1, 0.15) is 45.1 Å². The molecule has 0 aliphatic heterocycles. The van der Waals surface area contributed by atoms with Gasteiger partial charge in [-0.1, -0.05) is 51.0 Å². The van der Waals surface area contributed by atoms with Gasteiger partial charge in [-0.2, -0.15) is 0 Å². The van der Waals surface area contributed by atoms with Crippen molar-refractivity contribution in [3.8, 4) is 0 Å². The molecule has 0 atom stereocenters. The van der Waals surface area contributed by atoms with Gasteiger partial charge >= 0.3 is 6.09 Å². The van der Waals surface area contributed by atoms with Crippen molar-refractivity contribution in [1.29, 1.82) is 0 Å². The molecule has 0 aliphatic carbocycles. The van der Waals surface area contributed by atoms with Crippen LogP contribution in [-0.4, -0.2) is 23.7 Å². The second kappa shape index (κ2) is 10.4. The van der Waals surface area contributed by atoms with Crippen LogP contribution in [0.4, 0.5) is 10.5 Å². The Morgan fingerprint density at radius 3 is 2.52 bits per heavy atom. The van der Waals surface area contributed by atoms with Crippen LogP contribution in [0.2, 0.25) is 0 Å². The zero-order chi connectivity index (χ0) is 17.1. The van der Waals surface area contributed by atoms with Crippen molar-refractivity contribution in [3.05, 3.63) is 35.9 Å². The van der Waals surface area contributed by atoms with E-state index in [0.29, 0.717) is 0 Å². The first-order valence-corrected chi connectivity index (χ1v) is 8.11. The molecule has 0 bridgehead atoms. The maximum Gasteiger partial charge on any atom is 0.404 e. The lowest BCUT2D eigenvalue weighted by molar-refractivity contribution is -0.120. The van der Waals surface area contributed by atoms with Gasteiger partial charge in [0.25, 0.3) is 0 Å². The average molecular weight is 318 g/mol. The third kappa shape index (κ3) is 7.49. The van der Waals surface area contributed by atoms with E-state index in [1.807, 2.05) is 30.3 Å². The molecule has 3 N–H and O–H groups in total. The van der Waals surface area contributed by atoms with Crippen LogP contribution in [-0.2, 0) is 4.79 Å². The number of carbonyl (C=O) groups excluding carboxylic acids is 1. The minimum atomic E-state index is -1.05. The van der Waals surface area contributed by atoms with Crippen LogP contribution in [0.25, 0.3) is 6.08 Å². The lowest BCUT2D eigenvalue weighted by Gasteiger charge is -2.15. The van der Waals surface area contributed by atoms with Crippen LogP contribution in [0.5, 0.6) is 0 Å². The molecule has 126 valence electrons. The van der Waals surface area contributed by atoms with Crippen molar-refractivity contribution in [2.45, 2.75) is 39.5 Å². The van der Waals surface area contributed by atoms with E-state index in [-0.39, 0.29) is 18.4 Å². The van der Waals surface area contributed by atoms with E-state index in [1.165, 1.54) is 0 Å². The highest BCUT2D eigenvalue weighted by Gasteiger charge is 2.16. The molecule has 0 unspecified atom stereocenters. The summed E-state index contributed by atoms with van der Waals surface area (Å²) in [6.07, 6.45) is 6.30. The molecular formula is C18H26N2O3. The molecule has 0 aromatic heterocycles. The molecule has 0 saturated heterocycles. The van der Waals surface area contributed by atoms with E-state index in [4.69, 9.17) is 5.11 Å². The molecule has 0 heterocycles. The fraction of sp³-hybridized carbons (Fsp3) is 0.444. The maximum absolute atomic E-state index is 12.3. The van der Waals surface area contributed by atoms with Gasteiger partial charge in [0.2, 0.25) is 5.91 Å². The summed E-state index contributed by atoms with van der Waals surface area (Å²) in [6, 6.07) is 7.51. The largest absolute Gasteiger partial charge is 0.465 e. The Morgan fingerprint density at radius 2 is 1.91 bits per heavy atom. The van der Waals surface area contributed by atoms with E-state index in [2.05, 4.69) is 24.5 Å². The fourth-order valence-corrected chi connectivity index (χ4v) is 2.41. The van der Waals surface area contributed by atoms with Crippen molar-refractivity contribution in [2.24, 2.45) is 5.92 Å². The van der Waals surface area contributed by atoms with Crippen molar-refractivity contribution in [3.63, 3.8) is 0 Å². The first kappa shape index (κ1) is 18.7. The molecule has 5 nitrogen and oxygen atoms in total. The highest BCUT2D eigenvalue weighted by molar-refractivity contribution is 5.92. The van der Waals surface area contributed by atoms with Crippen LogP contribution >= 0.6 is 0 Å². The molecule has 1 rings (SSSR count). The number of carbonyl (C=O) groups is 2. The van der Waals surface area contributed by atoms with Gasteiger partial charge in [0.05, 0.1) is 0 Å². The smallest absolute Gasteiger partial charge is 0.404 e. The summed E-state index contributed by atoms with van der Waals surface area (Å²) in [5.41, 5.74) is 1.68. The van der Waals surface area contributed by atoms with Crippen LogP contribution in [0, 0.1) is 5.92 Å². The Morgan fingerprint density at radius 1 is 1.22 bits per heavy atom. The minimum Gasteiger partial charge on any atom is -0.465 e. The number of carboxylic acid groups (broad SMARTS) is 1. The number of nitrogens with one attached hydrogen (secondary N) is 2. The summed E-state index contributed by atoms with van der Waals surface area (Å²) in [6.45, 7) is 4.43. The summed E-state index contributed by atoms with van der Waals surface area (Å²) in [5.74, 6) is 0.131. The van der Waals surface area contributed by atoms with Crippen molar-refractivity contribution in [2.75, 3.05) is 11.9 Å². The van der Waals surface area contributed by atoms with Crippen LogP contribution < -0.4 is 10.6 Å². The molecule has 2 amide bonds. The predicted molar refractivity (Wildman–Crippen MR) is 93.4 cm³/mol. The molecule has 0 radical (unpaired) electrons. The second-order valence-electron chi connectivity index (χ2n) is 5.48. The second-order valence-corrected chi connectivity index (χ2v) is 5.48. The summed E-state index contributed by atoms with van der Waals surface area (Å²) in [7, 11) is 0. The summed E-state index contributed by atoms with van der Waals surface area (Å²) in [5, 5.41) is 13.7. The highest BCUT2D eigenvalue weighted by Crippen LogP contribution is 2.18. The van der Waals surface area contributed by atoms with Gasteiger partial charge in [-0.25, -0.2) is 4.79 Å². The van der Waals surface area contributed by atoms with Gasteiger partial charge in [0, 0.05) is 18.2 Å². The lowest BCUT2D eigenvalue weighted by Crippen LogP contribution is -2.22. The third-order valence-corrected chi connectivity index (χ3v) is 3.48. The molecule has 1 aromatic rings. The topological polar surface area (TPSA) is 78.4 Å². The number of benzene rings is 1. The van der Waals surface area contributed by atoms with Crippen molar-refractivity contribution >= 4 is 23.8 Å². The molecule has 1 aromatic carbocycles. The zero-order valence-corrected chi connectivity index (χ0v) is 13.8. The van der Waals surface area contributed by atoms with Gasteiger partial charge in [-0.15, -0.1) is 0 Å². The standard InChI is InChI=1S/C18H26N2O3/c1-3-7-15(8-4-2)17(21)20-16-11-5-9-14(13-16)10-6-12-19-18(22)23/h5-6,9-11,13,15,19H,3-4,7-8,12H2,1-2H3,(H,20,21)(H,22,23). The predicted octanol–water partition coefficient (Wildman–Crippen LogP) is 4.12. The van der Waals surface area contributed by atoms with Crippen molar-refractivity contribution < 1.29 is 14.7 Å². The maximum atomic E-state index is 12.3. The Kier molecular flexibility index (Phi) is 8.50. The average Bonchev–Trinajstić information content (AvgIpc) is 2.51. The van der Waals surface area contributed by atoms with E-state index in [9.17, 15) is 9.59 Å². The van der Waals surface area contributed by atoms with E-state index in [1.54, 1.807) is 6.08 Å². The molecular weight excluding hydrogens is 292 g/mol. The quantitative estimate of drug-likeness (QED) is 0.641. The van der Waals surface area contributed by atoms with E-state index >= 15 is 0 Å². The summed E-state index contributed by atoms with van der Waals surface area (Å²) < 4.78 is 0. The highest BCUT2D eigenvalue weighted by atomic mass is 16.4. The van der Waals surface area contributed by atoms with E-state index < -0.39 is 6.09 Å². The zero-order valence-electron chi connectivity index (χ0n) is 13.8. The SMILES string of the molecule is CCCC(CCC)C(=O)Nc1cccc(C=CCNC(=O)O)c1. The van der Waals surface area contributed by atoms with Gasteiger partial charge in [0.1, 0.15) is 0 Å². The first-order chi connectivity index (χ1) is 11.1. The van der Waals surface area contributed by atoms with Crippen molar-refractivity contribution in [1.82, 2.24) is 5.32 Å². The van der Waals surface area contributed by atoms with Gasteiger partial charge in [-0.05, 0) is 30.5 Å². The monoisotopic (exact) mass is 318 g/mol. The third-order valence-electron chi connectivity index (χ3n) is 3.48. The van der Waals surface area contributed by atoms with Gasteiger partial charge < -0.3 is 15.7 Å². The molecule has 0 aliphatic rings. The number of rotatable bonds is 9. The molecule has 0 fully saturated rings. The number of hydrogen-bond donors (Lipinski definition) is 3. The Bertz CT molecular complexity index is 535. The minimum absolute atomic E-state index is 0.0592. The first-order valence-electron chi connectivity index (χ1n) is 8.11. The number of amides is 2. The van der Waals surface area contributed by atoms with Gasteiger partial charge in [0.15, 0.2) is 0 Å². The number of anilines is 1. The summed E-state index contributed by atoms with van der Waals surface area (Å²) >= 11 is 0. The Hall–Kier alpha value is -2.30.